The van der Waals surface area contributed by atoms with Crippen molar-refractivity contribution in [2.75, 3.05) is 27.4 Å². The first-order valence-corrected chi connectivity index (χ1v) is 10.0. The fourth-order valence-electron chi connectivity index (χ4n) is 3.09. The van der Waals surface area contributed by atoms with Crippen molar-refractivity contribution in [1.29, 1.82) is 0 Å². The zero-order chi connectivity index (χ0) is 23.8. The molecule has 0 unspecified atom stereocenters. The molecule has 2 aromatic rings. The average molecular weight is 452 g/mol. The summed E-state index contributed by atoms with van der Waals surface area (Å²) in [7, 11) is 3.06. The average Bonchev–Trinajstić information content (AvgIpc) is 2.80. The van der Waals surface area contributed by atoms with E-state index in [1.54, 1.807) is 25.3 Å². The molecule has 3 rings (SSSR count). The van der Waals surface area contributed by atoms with Gasteiger partial charge in [-0.3, -0.25) is 20.2 Å². The van der Waals surface area contributed by atoms with Gasteiger partial charge in [0.2, 0.25) is 0 Å². The first-order valence-electron chi connectivity index (χ1n) is 10.0. The molecule has 0 saturated carbocycles. The fourth-order valence-corrected chi connectivity index (χ4v) is 3.09. The van der Waals surface area contributed by atoms with Gasteiger partial charge < -0.3 is 18.9 Å². The standard InChI is InChI=1S/C24H24N2O7/c1-4-5-15-6-8-18(20(13-15)30-2)32-10-11-33-19-9-7-16(14-21(19)31-3)12-17-22(27)25-24(29)26-23(17)28/h4,6-9,12-14H,1,5,10-11H2,2-3H3,(H2,25,26,27,28,29). The second kappa shape index (κ2) is 10.9. The fraction of sp³-hybridized carbons (Fsp3) is 0.208. The van der Waals surface area contributed by atoms with Crippen LogP contribution in [0.3, 0.4) is 0 Å². The number of urea groups is 1. The number of imide groups is 2. The minimum absolute atomic E-state index is 0.188. The van der Waals surface area contributed by atoms with Gasteiger partial charge in [-0.05, 0) is 47.9 Å². The summed E-state index contributed by atoms with van der Waals surface area (Å²) in [6.45, 7) is 4.23. The summed E-state index contributed by atoms with van der Waals surface area (Å²) in [6, 6.07) is 9.75. The summed E-state index contributed by atoms with van der Waals surface area (Å²) < 4.78 is 22.3. The Morgan fingerprint density at radius 3 is 1.97 bits per heavy atom. The highest BCUT2D eigenvalue weighted by Crippen LogP contribution is 2.30. The van der Waals surface area contributed by atoms with Gasteiger partial charge in [0.05, 0.1) is 14.2 Å². The van der Waals surface area contributed by atoms with E-state index in [4.69, 9.17) is 18.9 Å². The molecule has 0 radical (unpaired) electrons. The number of nitrogens with one attached hydrogen (secondary N) is 2. The van der Waals surface area contributed by atoms with Crippen molar-refractivity contribution in [1.82, 2.24) is 10.6 Å². The molecule has 1 heterocycles. The molecule has 0 bridgehead atoms. The molecular weight excluding hydrogens is 428 g/mol. The number of hydrogen-bond acceptors (Lipinski definition) is 7. The van der Waals surface area contributed by atoms with Crippen LogP contribution >= 0.6 is 0 Å². The van der Waals surface area contributed by atoms with Gasteiger partial charge >= 0.3 is 6.03 Å². The topological polar surface area (TPSA) is 112 Å². The van der Waals surface area contributed by atoms with E-state index in [0.717, 1.165) is 12.0 Å². The Balaban J connectivity index is 1.63. The van der Waals surface area contributed by atoms with Crippen LogP contribution in [-0.2, 0) is 16.0 Å². The van der Waals surface area contributed by atoms with Crippen molar-refractivity contribution in [2.45, 2.75) is 6.42 Å². The minimum atomic E-state index is -0.851. The summed E-state index contributed by atoms with van der Waals surface area (Å²) in [5.74, 6) is 0.557. The molecular formula is C24H24N2O7. The van der Waals surface area contributed by atoms with E-state index in [1.165, 1.54) is 13.2 Å². The number of benzene rings is 2. The van der Waals surface area contributed by atoms with Crippen LogP contribution in [0.25, 0.3) is 6.08 Å². The highest BCUT2D eigenvalue weighted by atomic mass is 16.5. The quantitative estimate of drug-likeness (QED) is 0.247. The van der Waals surface area contributed by atoms with Crippen LogP contribution in [-0.4, -0.2) is 45.3 Å². The van der Waals surface area contributed by atoms with E-state index in [2.05, 4.69) is 6.58 Å². The van der Waals surface area contributed by atoms with Gasteiger partial charge in [0, 0.05) is 0 Å². The molecule has 9 heteroatoms. The van der Waals surface area contributed by atoms with Crippen LogP contribution in [0, 0.1) is 0 Å². The molecule has 0 spiro atoms. The molecule has 2 aromatic carbocycles. The van der Waals surface area contributed by atoms with E-state index in [-0.39, 0.29) is 18.8 Å². The van der Waals surface area contributed by atoms with Crippen LogP contribution in [0.2, 0.25) is 0 Å². The molecule has 1 aliphatic rings. The third-order valence-electron chi connectivity index (χ3n) is 4.65. The smallest absolute Gasteiger partial charge is 0.328 e. The van der Waals surface area contributed by atoms with Crippen molar-refractivity contribution in [3.8, 4) is 23.0 Å². The van der Waals surface area contributed by atoms with E-state index in [9.17, 15) is 14.4 Å². The SMILES string of the molecule is C=CCc1ccc(OCCOc2ccc(C=C3C(=O)NC(=O)NC3=O)cc2OC)c(OC)c1. The normalized spacial score (nSPS) is 13.0. The molecule has 0 aliphatic carbocycles. The molecule has 1 aliphatic heterocycles. The number of carbonyl (C=O) groups excluding carboxylic acids is 3. The first-order chi connectivity index (χ1) is 15.9. The third kappa shape index (κ3) is 5.91. The monoisotopic (exact) mass is 452 g/mol. The summed E-state index contributed by atoms with van der Waals surface area (Å²) in [4.78, 5) is 34.9. The predicted molar refractivity (Wildman–Crippen MR) is 121 cm³/mol. The number of ether oxygens (including phenoxy) is 4. The lowest BCUT2D eigenvalue weighted by atomic mass is 10.1. The van der Waals surface area contributed by atoms with Crippen LogP contribution in [0.1, 0.15) is 11.1 Å². The molecule has 4 amide bonds. The summed E-state index contributed by atoms with van der Waals surface area (Å²) in [5.41, 5.74) is 1.40. The lowest BCUT2D eigenvalue weighted by Gasteiger charge is -2.15. The van der Waals surface area contributed by atoms with Crippen LogP contribution in [0.5, 0.6) is 23.0 Å². The van der Waals surface area contributed by atoms with Gasteiger partial charge in [-0.2, -0.15) is 0 Å². The Morgan fingerprint density at radius 1 is 0.818 bits per heavy atom. The second-order valence-electron chi connectivity index (χ2n) is 6.88. The van der Waals surface area contributed by atoms with E-state index < -0.39 is 17.8 Å². The highest BCUT2D eigenvalue weighted by molar-refractivity contribution is 6.31. The largest absolute Gasteiger partial charge is 0.493 e. The molecule has 0 aromatic heterocycles. The molecule has 33 heavy (non-hydrogen) atoms. The number of allylic oxidation sites excluding steroid dienone is 1. The van der Waals surface area contributed by atoms with Crippen molar-refractivity contribution in [3.05, 3.63) is 65.8 Å². The number of hydrogen-bond donors (Lipinski definition) is 2. The lowest BCUT2D eigenvalue weighted by Crippen LogP contribution is -2.51. The summed E-state index contributed by atoms with van der Waals surface area (Å²) in [6.07, 6.45) is 3.91. The number of methoxy groups -OCH3 is 2. The second-order valence-corrected chi connectivity index (χ2v) is 6.88. The Morgan fingerprint density at radius 2 is 1.39 bits per heavy atom. The molecule has 1 saturated heterocycles. The molecule has 2 N–H and O–H groups in total. The number of rotatable bonds is 10. The van der Waals surface area contributed by atoms with Crippen LogP contribution < -0.4 is 29.6 Å². The number of amides is 4. The Kier molecular flexibility index (Phi) is 7.69. The van der Waals surface area contributed by atoms with Crippen molar-refractivity contribution in [2.24, 2.45) is 0 Å². The lowest BCUT2D eigenvalue weighted by molar-refractivity contribution is -0.123. The maximum absolute atomic E-state index is 11.9. The van der Waals surface area contributed by atoms with Gasteiger partial charge in [0.15, 0.2) is 23.0 Å². The third-order valence-corrected chi connectivity index (χ3v) is 4.65. The molecule has 172 valence electrons. The summed E-state index contributed by atoms with van der Waals surface area (Å²) in [5, 5.41) is 4.05. The minimum Gasteiger partial charge on any atom is -0.493 e. The van der Waals surface area contributed by atoms with Gasteiger partial charge in [0.1, 0.15) is 18.8 Å². The predicted octanol–water partition coefficient (Wildman–Crippen LogP) is 2.64. The van der Waals surface area contributed by atoms with E-state index >= 15 is 0 Å². The maximum atomic E-state index is 11.9. The molecule has 0 atom stereocenters. The molecule has 1 fully saturated rings. The van der Waals surface area contributed by atoms with E-state index in [1.807, 2.05) is 34.9 Å². The van der Waals surface area contributed by atoms with Gasteiger partial charge in [-0.1, -0.05) is 18.2 Å². The van der Waals surface area contributed by atoms with Gasteiger partial charge in [-0.15, -0.1) is 6.58 Å². The Hall–Kier alpha value is -4.27. The zero-order valence-electron chi connectivity index (χ0n) is 18.3. The highest BCUT2D eigenvalue weighted by Gasteiger charge is 2.27. The summed E-state index contributed by atoms with van der Waals surface area (Å²) >= 11 is 0. The zero-order valence-corrected chi connectivity index (χ0v) is 18.3. The Labute approximate surface area is 191 Å². The van der Waals surface area contributed by atoms with Crippen molar-refractivity contribution < 1.29 is 33.3 Å². The van der Waals surface area contributed by atoms with Crippen LogP contribution in [0.15, 0.2) is 54.6 Å². The van der Waals surface area contributed by atoms with Crippen molar-refractivity contribution >= 4 is 23.9 Å². The van der Waals surface area contributed by atoms with E-state index in [0.29, 0.717) is 28.6 Å². The van der Waals surface area contributed by atoms with Crippen molar-refractivity contribution in [3.63, 3.8) is 0 Å². The Bertz CT molecular complexity index is 1090. The number of barbiturate groups is 1. The van der Waals surface area contributed by atoms with Gasteiger partial charge in [0.25, 0.3) is 11.8 Å². The number of carbonyl (C=O) groups is 3. The van der Waals surface area contributed by atoms with Crippen LogP contribution in [0.4, 0.5) is 4.79 Å². The first kappa shape index (κ1) is 23.4. The van der Waals surface area contributed by atoms with Gasteiger partial charge in [-0.25, -0.2) is 4.79 Å². The molecule has 9 nitrogen and oxygen atoms in total. The maximum Gasteiger partial charge on any atom is 0.328 e.